The minimum Gasteiger partial charge on any atom is -0.465 e. The van der Waals surface area contributed by atoms with Crippen molar-refractivity contribution < 1.29 is 14.5 Å². The molecule has 142 valence electrons. The molecule has 1 saturated heterocycles. The first-order chi connectivity index (χ1) is 13.0. The Kier molecular flexibility index (Phi) is 5.49. The summed E-state index contributed by atoms with van der Waals surface area (Å²) in [6, 6.07) is 6.62. The molecule has 0 amide bonds. The number of carbonyl (C=O) groups excluding carboxylic acids is 1. The van der Waals surface area contributed by atoms with Gasteiger partial charge in [-0.2, -0.15) is 0 Å². The monoisotopic (exact) mass is 371 g/mol. The highest BCUT2D eigenvalue weighted by molar-refractivity contribution is 5.89. The third kappa shape index (κ3) is 3.97. The first-order valence-corrected chi connectivity index (χ1v) is 8.72. The number of esters is 1. The van der Waals surface area contributed by atoms with Crippen LogP contribution in [-0.4, -0.2) is 40.6 Å². The van der Waals surface area contributed by atoms with E-state index in [-0.39, 0.29) is 17.5 Å². The number of hydrogen-bond acceptors (Lipinski definition) is 8. The lowest BCUT2D eigenvalue weighted by Gasteiger charge is -2.33. The summed E-state index contributed by atoms with van der Waals surface area (Å²) in [4.78, 5) is 33.1. The zero-order valence-corrected chi connectivity index (χ0v) is 15.2. The number of anilines is 3. The average molecular weight is 371 g/mol. The second-order valence-corrected chi connectivity index (χ2v) is 6.38. The van der Waals surface area contributed by atoms with Crippen LogP contribution in [0.15, 0.2) is 30.6 Å². The molecular formula is C18H21N5O4. The normalized spacial score (nSPS) is 16.7. The molecular weight excluding hydrogens is 350 g/mol. The molecule has 9 heteroatoms. The van der Waals surface area contributed by atoms with Gasteiger partial charge < -0.3 is 15.0 Å². The van der Waals surface area contributed by atoms with Crippen LogP contribution in [0, 0.1) is 10.1 Å². The Balaban J connectivity index is 1.92. The second kappa shape index (κ2) is 7.98. The number of carbonyl (C=O) groups is 1. The van der Waals surface area contributed by atoms with E-state index in [1.807, 2.05) is 11.8 Å². The molecule has 1 N–H and O–H groups in total. The van der Waals surface area contributed by atoms with Crippen molar-refractivity contribution in [3.05, 3.63) is 46.3 Å². The van der Waals surface area contributed by atoms with E-state index in [4.69, 9.17) is 0 Å². The SMILES string of the molecule is COC(=O)c1ccc(Nc2ncnc(N3CCCCC3C)c2[N+](=O)[O-])cc1. The molecule has 27 heavy (non-hydrogen) atoms. The van der Waals surface area contributed by atoms with Gasteiger partial charge in [-0.1, -0.05) is 0 Å². The van der Waals surface area contributed by atoms with Crippen molar-refractivity contribution in [2.24, 2.45) is 0 Å². The van der Waals surface area contributed by atoms with Gasteiger partial charge in [0, 0.05) is 18.3 Å². The fraction of sp³-hybridized carbons (Fsp3) is 0.389. The highest BCUT2D eigenvalue weighted by Gasteiger charge is 2.30. The van der Waals surface area contributed by atoms with Crippen LogP contribution in [0.4, 0.5) is 23.0 Å². The zero-order chi connectivity index (χ0) is 19.4. The van der Waals surface area contributed by atoms with Gasteiger partial charge in [0.2, 0.25) is 11.6 Å². The third-order valence-electron chi connectivity index (χ3n) is 4.63. The molecule has 0 radical (unpaired) electrons. The summed E-state index contributed by atoms with van der Waals surface area (Å²) in [6.45, 7) is 2.77. The van der Waals surface area contributed by atoms with Crippen molar-refractivity contribution >= 4 is 29.0 Å². The predicted molar refractivity (Wildman–Crippen MR) is 100 cm³/mol. The molecule has 2 heterocycles. The molecule has 1 aliphatic heterocycles. The highest BCUT2D eigenvalue weighted by Crippen LogP contribution is 2.36. The Morgan fingerprint density at radius 3 is 2.67 bits per heavy atom. The van der Waals surface area contributed by atoms with E-state index in [0.29, 0.717) is 17.1 Å². The lowest BCUT2D eigenvalue weighted by Crippen LogP contribution is -2.38. The molecule has 0 spiro atoms. The molecule has 9 nitrogen and oxygen atoms in total. The summed E-state index contributed by atoms with van der Waals surface area (Å²) < 4.78 is 4.66. The van der Waals surface area contributed by atoms with Gasteiger partial charge in [0.05, 0.1) is 17.6 Å². The molecule has 1 aromatic heterocycles. The molecule has 1 fully saturated rings. The summed E-state index contributed by atoms with van der Waals surface area (Å²) in [5, 5.41) is 14.7. The number of hydrogen-bond donors (Lipinski definition) is 1. The van der Waals surface area contributed by atoms with Crippen molar-refractivity contribution in [3.8, 4) is 0 Å². The van der Waals surface area contributed by atoms with Crippen molar-refractivity contribution in [2.75, 3.05) is 23.9 Å². The summed E-state index contributed by atoms with van der Waals surface area (Å²) in [6.07, 6.45) is 4.38. The highest BCUT2D eigenvalue weighted by atomic mass is 16.6. The van der Waals surface area contributed by atoms with Crippen LogP contribution in [-0.2, 0) is 4.74 Å². The molecule has 1 aliphatic rings. The van der Waals surface area contributed by atoms with E-state index in [1.165, 1.54) is 13.4 Å². The van der Waals surface area contributed by atoms with Crippen LogP contribution in [0.5, 0.6) is 0 Å². The first-order valence-electron chi connectivity index (χ1n) is 8.72. The molecule has 0 saturated carbocycles. The summed E-state index contributed by atoms with van der Waals surface area (Å²) >= 11 is 0. The van der Waals surface area contributed by atoms with Crippen LogP contribution in [0.25, 0.3) is 0 Å². The lowest BCUT2D eigenvalue weighted by atomic mass is 10.0. The van der Waals surface area contributed by atoms with Crippen molar-refractivity contribution in [1.82, 2.24) is 9.97 Å². The van der Waals surface area contributed by atoms with Crippen molar-refractivity contribution in [2.45, 2.75) is 32.2 Å². The van der Waals surface area contributed by atoms with E-state index in [2.05, 4.69) is 20.0 Å². The average Bonchev–Trinajstić information content (AvgIpc) is 2.68. The van der Waals surface area contributed by atoms with Gasteiger partial charge in [-0.25, -0.2) is 14.8 Å². The predicted octanol–water partition coefficient (Wildman–Crippen LogP) is 3.29. The second-order valence-electron chi connectivity index (χ2n) is 6.38. The van der Waals surface area contributed by atoms with Crippen LogP contribution in [0.2, 0.25) is 0 Å². The number of piperidine rings is 1. The molecule has 3 rings (SSSR count). The smallest absolute Gasteiger partial charge is 0.353 e. The maximum absolute atomic E-state index is 11.8. The first kappa shape index (κ1) is 18.6. The Bertz CT molecular complexity index is 840. The van der Waals surface area contributed by atoms with Crippen LogP contribution in [0.3, 0.4) is 0 Å². The van der Waals surface area contributed by atoms with E-state index in [1.54, 1.807) is 24.3 Å². The number of aromatic nitrogens is 2. The number of benzene rings is 1. The van der Waals surface area contributed by atoms with Gasteiger partial charge in [-0.3, -0.25) is 10.1 Å². The molecule has 1 atom stereocenters. The maximum Gasteiger partial charge on any atom is 0.353 e. The van der Waals surface area contributed by atoms with Gasteiger partial charge in [0.1, 0.15) is 6.33 Å². The van der Waals surface area contributed by atoms with E-state index in [9.17, 15) is 14.9 Å². The van der Waals surface area contributed by atoms with E-state index >= 15 is 0 Å². The zero-order valence-electron chi connectivity index (χ0n) is 15.2. The third-order valence-corrected chi connectivity index (χ3v) is 4.63. The molecule has 2 aromatic rings. The van der Waals surface area contributed by atoms with Crippen LogP contribution >= 0.6 is 0 Å². The van der Waals surface area contributed by atoms with Gasteiger partial charge in [-0.05, 0) is 50.5 Å². The summed E-state index contributed by atoms with van der Waals surface area (Å²) in [5.74, 6) is 0.000381. The van der Waals surface area contributed by atoms with Gasteiger partial charge in [0.15, 0.2) is 0 Å². The van der Waals surface area contributed by atoms with Crippen LogP contribution in [0.1, 0.15) is 36.5 Å². The number of nitrogens with one attached hydrogen (secondary N) is 1. The number of nitrogens with zero attached hydrogens (tertiary/aromatic N) is 4. The largest absolute Gasteiger partial charge is 0.465 e. The standard InChI is InChI=1S/C18H21N5O4/c1-12-5-3-4-10-22(12)17-15(23(25)26)16(19-11-20-17)21-14-8-6-13(7-9-14)18(24)27-2/h6-9,11-12H,3-5,10H2,1-2H3,(H,19,20,21). The maximum atomic E-state index is 11.8. The summed E-state index contributed by atoms with van der Waals surface area (Å²) in [5.41, 5.74) is 0.813. The Morgan fingerprint density at radius 2 is 2.04 bits per heavy atom. The molecule has 1 unspecified atom stereocenters. The van der Waals surface area contributed by atoms with Gasteiger partial charge >= 0.3 is 11.7 Å². The van der Waals surface area contributed by atoms with Crippen molar-refractivity contribution in [3.63, 3.8) is 0 Å². The minimum atomic E-state index is -0.457. The summed E-state index contributed by atoms with van der Waals surface area (Å²) in [7, 11) is 1.31. The number of nitro groups is 1. The Labute approximate surface area is 156 Å². The number of rotatable bonds is 5. The fourth-order valence-corrected chi connectivity index (χ4v) is 3.20. The number of ether oxygens (including phenoxy) is 1. The van der Waals surface area contributed by atoms with Crippen molar-refractivity contribution in [1.29, 1.82) is 0 Å². The Morgan fingerprint density at radius 1 is 1.30 bits per heavy atom. The molecule has 0 bridgehead atoms. The van der Waals surface area contributed by atoms with Gasteiger partial charge in [-0.15, -0.1) is 0 Å². The fourth-order valence-electron chi connectivity index (χ4n) is 3.20. The molecule has 0 aliphatic carbocycles. The molecule has 1 aromatic carbocycles. The minimum absolute atomic E-state index is 0.119. The van der Waals surface area contributed by atoms with Gasteiger partial charge in [0.25, 0.3) is 0 Å². The Hall–Kier alpha value is -3.23. The quantitative estimate of drug-likeness (QED) is 0.484. The van der Waals surface area contributed by atoms with Crippen LogP contribution < -0.4 is 10.2 Å². The topological polar surface area (TPSA) is 110 Å². The number of methoxy groups -OCH3 is 1. The van der Waals surface area contributed by atoms with E-state index in [0.717, 1.165) is 25.8 Å². The van der Waals surface area contributed by atoms with E-state index < -0.39 is 10.9 Å². The lowest BCUT2D eigenvalue weighted by molar-refractivity contribution is -0.383.